The lowest BCUT2D eigenvalue weighted by atomic mass is 9.99. The summed E-state index contributed by atoms with van der Waals surface area (Å²) in [5, 5.41) is 0. The van der Waals surface area contributed by atoms with Crippen molar-refractivity contribution < 1.29 is 27.1 Å². The fourth-order valence-corrected chi connectivity index (χ4v) is 3.18. The maximum atomic E-state index is 13.7. The molecule has 1 aliphatic heterocycles. The van der Waals surface area contributed by atoms with Gasteiger partial charge in [0.25, 0.3) is 0 Å². The fraction of sp³-hybridized carbons (Fsp3) is 0.316. The van der Waals surface area contributed by atoms with Gasteiger partial charge in [-0.05, 0) is 47.6 Å². The molecule has 0 fully saturated rings. The van der Waals surface area contributed by atoms with Gasteiger partial charge < -0.3 is 9.64 Å². The zero-order valence-electron chi connectivity index (χ0n) is 14.2. The van der Waals surface area contributed by atoms with Crippen LogP contribution in [0, 0.1) is 5.82 Å². The topological polar surface area (TPSA) is 29.5 Å². The quantitative estimate of drug-likeness (QED) is 0.589. The molecule has 0 atom stereocenters. The van der Waals surface area contributed by atoms with Crippen molar-refractivity contribution in [2.45, 2.75) is 25.6 Å². The number of hydrogen-bond acceptors (Lipinski definition) is 3. The van der Waals surface area contributed by atoms with E-state index in [9.17, 15) is 22.4 Å². The molecule has 0 bridgehead atoms. The summed E-state index contributed by atoms with van der Waals surface area (Å²) in [6.45, 7) is 1.06. The zero-order valence-corrected chi connectivity index (χ0v) is 15.1. The van der Waals surface area contributed by atoms with Crippen LogP contribution in [0.5, 0.6) is 11.5 Å². The van der Waals surface area contributed by atoms with Gasteiger partial charge in [0.1, 0.15) is 17.3 Å². The standard InChI is InChI=1S/C19H17F4NO2S/c20-17-10-15(3-4-16(17)19(21,22)23)26-14-2-1-12-5-7-24(11-13(12)9-14)18(25)6-8-27/h1-4,9-10,27H,5-8,11H2. The van der Waals surface area contributed by atoms with Crippen molar-refractivity contribution >= 4 is 18.5 Å². The van der Waals surface area contributed by atoms with E-state index >= 15 is 0 Å². The molecule has 0 aliphatic carbocycles. The zero-order chi connectivity index (χ0) is 19.6. The molecular formula is C19H17F4NO2S. The van der Waals surface area contributed by atoms with Crippen LogP contribution in [0.3, 0.4) is 0 Å². The summed E-state index contributed by atoms with van der Waals surface area (Å²) in [4.78, 5) is 13.8. The smallest absolute Gasteiger partial charge is 0.419 e. The largest absolute Gasteiger partial charge is 0.457 e. The van der Waals surface area contributed by atoms with E-state index in [1.807, 2.05) is 6.07 Å². The van der Waals surface area contributed by atoms with E-state index in [0.29, 0.717) is 49.6 Å². The van der Waals surface area contributed by atoms with Crippen LogP contribution in [-0.4, -0.2) is 23.1 Å². The molecule has 0 saturated heterocycles. The van der Waals surface area contributed by atoms with Crippen LogP contribution < -0.4 is 4.74 Å². The number of benzene rings is 2. The average Bonchev–Trinajstić information content (AvgIpc) is 2.60. The second kappa shape index (κ2) is 7.80. The summed E-state index contributed by atoms with van der Waals surface area (Å²) < 4.78 is 57.1. The number of ether oxygens (including phenoxy) is 1. The molecule has 0 radical (unpaired) electrons. The van der Waals surface area contributed by atoms with E-state index in [0.717, 1.165) is 17.2 Å². The van der Waals surface area contributed by atoms with Crippen LogP contribution in [0.25, 0.3) is 0 Å². The summed E-state index contributed by atoms with van der Waals surface area (Å²) in [7, 11) is 0. The monoisotopic (exact) mass is 399 g/mol. The highest BCUT2D eigenvalue weighted by atomic mass is 32.1. The predicted molar refractivity (Wildman–Crippen MR) is 95.5 cm³/mol. The number of carbonyl (C=O) groups excluding carboxylic acids is 1. The van der Waals surface area contributed by atoms with Crippen LogP contribution in [0.2, 0.25) is 0 Å². The van der Waals surface area contributed by atoms with Gasteiger partial charge in [-0.3, -0.25) is 4.79 Å². The van der Waals surface area contributed by atoms with Gasteiger partial charge in [0.2, 0.25) is 5.91 Å². The van der Waals surface area contributed by atoms with Crippen LogP contribution in [0.15, 0.2) is 36.4 Å². The highest BCUT2D eigenvalue weighted by Crippen LogP contribution is 2.34. The first-order valence-corrected chi connectivity index (χ1v) is 8.96. The van der Waals surface area contributed by atoms with Gasteiger partial charge in [-0.15, -0.1) is 0 Å². The Morgan fingerprint density at radius 1 is 1.11 bits per heavy atom. The minimum atomic E-state index is -4.75. The van der Waals surface area contributed by atoms with Gasteiger partial charge in [0.05, 0.1) is 5.56 Å². The third-order valence-electron chi connectivity index (χ3n) is 4.35. The number of halogens is 4. The molecule has 2 aromatic carbocycles. The number of rotatable bonds is 4. The van der Waals surface area contributed by atoms with Gasteiger partial charge in [-0.25, -0.2) is 4.39 Å². The summed E-state index contributed by atoms with van der Waals surface area (Å²) in [5.41, 5.74) is 0.646. The van der Waals surface area contributed by atoms with Crippen molar-refractivity contribution in [2.24, 2.45) is 0 Å². The number of thiol groups is 1. The molecule has 2 aromatic rings. The Bertz CT molecular complexity index is 854. The molecule has 0 unspecified atom stereocenters. The molecule has 0 spiro atoms. The molecule has 0 N–H and O–H groups in total. The lowest BCUT2D eigenvalue weighted by molar-refractivity contribution is -0.140. The van der Waals surface area contributed by atoms with E-state index in [1.54, 1.807) is 17.0 Å². The summed E-state index contributed by atoms with van der Waals surface area (Å²) in [5.74, 6) is -0.547. The van der Waals surface area contributed by atoms with E-state index in [2.05, 4.69) is 12.6 Å². The first-order chi connectivity index (χ1) is 12.8. The summed E-state index contributed by atoms with van der Waals surface area (Å²) >= 11 is 4.07. The predicted octanol–water partition coefficient (Wildman–Crippen LogP) is 4.84. The number of nitrogens with zero attached hydrogens (tertiary/aromatic N) is 1. The van der Waals surface area contributed by atoms with Crippen LogP contribution >= 0.6 is 12.6 Å². The van der Waals surface area contributed by atoms with E-state index < -0.39 is 17.6 Å². The van der Waals surface area contributed by atoms with Crippen molar-refractivity contribution in [3.05, 3.63) is 58.9 Å². The highest BCUT2D eigenvalue weighted by Gasteiger charge is 2.34. The lowest BCUT2D eigenvalue weighted by Crippen LogP contribution is -2.36. The Morgan fingerprint density at radius 3 is 2.48 bits per heavy atom. The average molecular weight is 399 g/mol. The number of hydrogen-bond donors (Lipinski definition) is 1. The minimum absolute atomic E-state index is 0.0202. The lowest BCUT2D eigenvalue weighted by Gasteiger charge is -2.29. The molecule has 1 amide bonds. The number of amides is 1. The molecular weight excluding hydrogens is 382 g/mol. The maximum absolute atomic E-state index is 13.7. The summed E-state index contributed by atoms with van der Waals surface area (Å²) in [6.07, 6.45) is -3.68. The Morgan fingerprint density at radius 2 is 1.81 bits per heavy atom. The van der Waals surface area contributed by atoms with Crippen LogP contribution in [0.4, 0.5) is 17.6 Å². The van der Waals surface area contributed by atoms with Gasteiger partial charge in [-0.2, -0.15) is 25.8 Å². The Balaban J connectivity index is 1.77. The van der Waals surface area contributed by atoms with Crippen LogP contribution in [0.1, 0.15) is 23.1 Å². The normalized spacial score (nSPS) is 14.0. The second-order valence-corrected chi connectivity index (χ2v) is 6.66. The minimum Gasteiger partial charge on any atom is -0.457 e. The Hall–Kier alpha value is -2.22. The molecule has 3 nitrogen and oxygen atoms in total. The van der Waals surface area contributed by atoms with Crippen LogP contribution in [-0.2, 0) is 23.9 Å². The number of carbonyl (C=O) groups is 1. The van der Waals surface area contributed by atoms with E-state index in [-0.39, 0.29) is 11.7 Å². The van der Waals surface area contributed by atoms with Crippen molar-refractivity contribution in [2.75, 3.05) is 12.3 Å². The van der Waals surface area contributed by atoms with Crippen molar-refractivity contribution in [1.29, 1.82) is 0 Å². The SMILES string of the molecule is O=C(CCS)N1CCc2ccc(Oc3ccc(C(F)(F)F)c(F)c3)cc2C1. The van der Waals surface area contributed by atoms with Crippen molar-refractivity contribution in [1.82, 2.24) is 4.90 Å². The number of alkyl halides is 3. The maximum Gasteiger partial charge on any atom is 0.419 e. The van der Waals surface area contributed by atoms with E-state index in [4.69, 9.17) is 4.74 Å². The van der Waals surface area contributed by atoms with Crippen molar-refractivity contribution in [3.63, 3.8) is 0 Å². The van der Waals surface area contributed by atoms with Crippen molar-refractivity contribution in [3.8, 4) is 11.5 Å². The molecule has 27 heavy (non-hydrogen) atoms. The Kier molecular flexibility index (Phi) is 5.64. The fourth-order valence-electron chi connectivity index (χ4n) is 2.99. The third kappa shape index (κ3) is 4.55. The Labute approximate surface area is 159 Å². The molecule has 3 rings (SSSR count). The molecule has 144 valence electrons. The molecule has 0 aromatic heterocycles. The molecule has 1 heterocycles. The first-order valence-electron chi connectivity index (χ1n) is 8.33. The van der Waals surface area contributed by atoms with Gasteiger partial charge in [0, 0.05) is 25.6 Å². The van der Waals surface area contributed by atoms with Gasteiger partial charge in [0.15, 0.2) is 0 Å². The number of fused-ring (bicyclic) bond motifs is 1. The van der Waals surface area contributed by atoms with Gasteiger partial charge >= 0.3 is 6.18 Å². The van der Waals surface area contributed by atoms with E-state index in [1.165, 1.54) is 0 Å². The first kappa shape index (κ1) is 19.5. The summed E-state index contributed by atoms with van der Waals surface area (Å²) in [6, 6.07) is 7.70. The molecule has 1 aliphatic rings. The molecule has 8 heteroatoms. The molecule has 0 saturated carbocycles. The van der Waals surface area contributed by atoms with Gasteiger partial charge in [-0.1, -0.05) is 6.07 Å². The third-order valence-corrected chi connectivity index (χ3v) is 4.57. The highest BCUT2D eigenvalue weighted by molar-refractivity contribution is 7.80. The second-order valence-electron chi connectivity index (χ2n) is 6.21.